The molecule has 3 aromatic carbocycles. The average Bonchev–Trinajstić information content (AvgIpc) is 2.83. The number of anilines is 1. The van der Waals surface area contributed by atoms with Gasteiger partial charge in [-0.15, -0.1) is 0 Å². The molecule has 0 aromatic heterocycles. The van der Waals surface area contributed by atoms with Crippen LogP contribution < -0.4 is 15.7 Å². The third-order valence-electron chi connectivity index (χ3n) is 5.89. The van der Waals surface area contributed by atoms with Gasteiger partial charge in [0, 0.05) is 9.14 Å². The first-order valence-electron chi connectivity index (χ1n) is 11.8. The maximum Gasteiger partial charge on any atom is 0.261 e. The molecule has 0 heterocycles. The summed E-state index contributed by atoms with van der Waals surface area (Å²) in [6, 6.07) is 28.8. The van der Waals surface area contributed by atoms with Crippen molar-refractivity contribution in [2.75, 3.05) is 11.9 Å². The highest BCUT2D eigenvalue weighted by Crippen LogP contribution is 2.37. The van der Waals surface area contributed by atoms with Crippen molar-refractivity contribution < 1.29 is 9.22 Å². The van der Waals surface area contributed by atoms with Crippen molar-refractivity contribution in [3.05, 3.63) is 112 Å². The lowest BCUT2D eigenvalue weighted by molar-refractivity contribution is -0.113. The summed E-state index contributed by atoms with van der Waals surface area (Å²) in [5.74, 6) is -0.149. The van der Waals surface area contributed by atoms with Gasteiger partial charge in [0.1, 0.15) is 0 Å². The molecule has 0 aliphatic carbocycles. The van der Waals surface area contributed by atoms with Crippen molar-refractivity contribution in [1.82, 2.24) is 0 Å². The van der Waals surface area contributed by atoms with Gasteiger partial charge in [-0.1, -0.05) is 111 Å². The average molecular weight is 596 g/mol. The first-order valence-corrected chi connectivity index (χ1v) is 14.8. The summed E-state index contributed by atoms with van der Waals surface area (Å²) in [7, 11) is -2.76. The SMILES string of the molecule is CC(C)=C/C=C(\CO[Si](c1ccccc1)(c1ccccc1)C(C)(C)C)C(=O)Nc1ccccc1I. The van der Waals surface area contributed by atoms with Gasteiger partial charge < -0.3 is 9.74 Å². The molecule has 0 atom stereocenters. The molecular weight excluding hydrogens is 561 g/mol. The van der Waals surface area contributed by atoms with E-state index in [0.717, 1.165) is 14.8 Å². The molecule has 3 aromatic rings. The van der Waals surface area contributed by atoms with Crippen molar-refractivity contribution >= 4 is 52.9 Å². The van der Waals surface area contributed by atoms with E-state index >= 15 is 0 Å². The van der Waals surface area contributed by atoms with Crippen LogP contribution in [0.25, 0.3) is 0 Å². The Morgan fingerprint density at radius 1 is 0.857 bits per heavy atom. The zero-order valence-electron chi connectivity index (χ0n) is 21.1. The summed E-state index contributed by atoms with van der Waals surface area (Å²) in [6.45, 7) is 11.0. The van der Waals surface area contributed by atoms with Gasteiger partial charge >= 0.3 is 0 Å². The van der Waals surface area contributed by atoms with E-state index < -0.39 is 8.32 Å². The molecular formula is C30H34INO2Si. The number of amides is 1. The highest BCUT2D eigenvalue weighted by molar-refractivity contribution is 14.1. The first kappa shape index (κ1) is 27.1. The Morgan fingerprint density at radius 3 is 1.86 bits per heavy atom. The molecule has 0 spiro atoms. The van der Waals surface area contributed by atoms with Crippen LogP contribution in [0, 0.1) is 3.57 Å². The molecule has 1 amide bonds. The molecule has 0 bridgehead atoms. The fourth-order valence-corrected chi connectivity index (χ4v) is 9.22. The van der Waals surface area contributed by atoms with Crippen LogP contribution in [-0.4, -0.2) is 20.8 Å². The first-order chi connectivity index (χ1) is 16.6. The topological polar surface area (TPSA) is 38.3 Å². The van der Waals surface area contributed by atoms with Crippen LogP contribution in [0.3, 0.4) is 0 Å². The van der Waals surface area contributed by atoms with E-state index in [1.165, 1.54) is 10.4 Å². The fraction of sp³-hybridized carbons (Fsp3) is 0.233. The summed E-state index contributed by atoms with van der Waals surface area (Å²) in [5.41, 5.74) is 2.51. The monoisotopic (exact) mass is 595 g/mol. The lowest BCUT2D eigenvalue weighted by Crippen LogP contribution is -2.66. The van der Waals surface area contributed by atoms with E-state index in [1.54, 1.807) is 0 Å². The minimum absolute atomic E-state index is 0.149. The minimum Gasteiger partial charge on any atom is -0.403 e. The van der Waals surface area contributed by atoms with Gasteiger partial charge in [-0.05, 0) is 64.0 Å². The zero-order chi connectivity index (χ0) is 25.5. The number of carbonyl (C=O) groups is 1. The van der Waals surface area contributed by atoms with Crippen molar-refractivity contribution in [1.29, 1.82) is 0 Å². The molecule has 0 radical (unpaired) electrons. The Hall–Kier alpha value is -2.48. The van der Waals surface area contributed by atoms with Gasteiger partial charge in [0.2, 0.25) is 0 Å². The van der Waals surface area contributed by atoms with Gasteiger partial charge in [0.25, 0.3) is 14.2 Å². The van der Waals surface area contributed by atoms with E-state index in [-0.39, 0.29) is 17.6 Å². The Morgan fingerprint density at radius 2 is 1.37 bits per heavy atom. The van der Waals surface area contributed by atoms with Crippen LogP contribution in [0.4, 0.5) is 5.69 Å². The second-order valence-corrected chi connectivity index (χ2v) is 15.3. The molecule has 3 rings (SSSR count). The third kappa shape index (κ3) is 6.60. The van der Waals surface area contributed by atoms with Crippen molar-refractivity contribution in [2.45, 2.75) is 39.7 Å². The predicted molar refractivity (Wildman–Crippen MR) is 159 cm³/mol. The van der Waals surface area contributed by atoms with Gasteiger partial charge in [-0.3, -0.25) is 4.79 Å². The molecule has 0 fully saturated rings. The number of nitrogens with one attached hydrogen (secondary N) is 1. The normalized spacial score (nSPS) is 12.2. The quantitative estimate of drug-likeness (QED) is 0.136. The molecule has 1 N–H and O–H groups in total. The van der Waals surface area contributed by atoms with Gasteiger partial charge in [0.05, 0.1) is 12.3 Å². The maximum atomic E-state index is 13.4. The Kier molecular flexibility index (Phi) is 9.27. The van der Waals surface area contributed by atoms with Crippen LogP contribution in [0.15, 0.2) is 108 Å². The number of halogens is 1. The maximum absolute atomic E-state index is 13.4. The molecule has 35 heavy (non-hydrogen) atoms. The lowest BCUT2D eigenvalue weighted by Gasteiger charge is -2.43. The number of para-hydroxylation sites is 1. The van der Waals surface area contributed by atoms with Crippen molar-refractivity contribution in [3.8, 4) is 0 Å². The van der Waals surface area contributed by atoms with Crippen molar-refractivity contribution in [2.24, 2.45) is 0 Å². The summed E-state index contributed by atoms with van der Waals surface area (Å²) in [6.07, 6.45) is 3.86. The molecule has 3 nitrogen and oxygen atoms in total. The summed E-state index contributed by atoms with van der Waals surface area (Å²) < 4.78 is 8.02. The number of hydrogen-bond donors (Lipinski definition) is 1. The van der Waals surface area contributed by atoms with Gasteiger partial charge in [-0.25, -0.2) is 0 Å². The van der Waals surface area contributed by atoms with E-state index in [2.05, 4.69) is 97.2 Å². The Balaban J connectivity index is 2.05. The molecule has 0 saturated heterocycles. The number of allylic oxidation sites excluding steroid dienone is 3. The molecule has 0 aliphatic rings. The van der Waals surface area contributed by atoms with Crippen LogP contribution in [0.1, 0.15) is 34.6 Å². The van der Waals surface area contributed by atoms with Gasteiger partial charge in [0.15, 0.2) is 0 Å². The van der Waals surface area contributed by atoms with Crippen LogP contribution in [-0.2, 0) is 9.22 Å². The van der Waals surface area contributed by atoms with E-state index in [9.17, 15) is 4.79 Å². The van der Waals surface area contributed by atoms with E-state index in [0.29, 0.717) is 5.57 Å². The Labute approximate surface area is 224 Å². The van der Waals surface area contributed by atoms with Crippen LogP contribution in [0.5, 0.6) is 0 Å². The van der Waals surface area contributed by atoms with E-state index in [4.69, 9.17) is 4.43 Å². The third-order valence-corrected chi connectivity index (χ3v) is 11.8. The summed E-state index contributed by atoms with van der Waals surface area (Å²) in [4.78, 5) is 13.4. The number of hydrogen-bond acceptors (Lipinski definition) is 2. The van der Waals surface area contributed by atoms with Crippen LogP contribution in [0.2, 0.25) is 5.04 Å². The molecule has 0 unspecified atom stereocenters. The van der Waals surface area contributed by atoms with E-state index in [1.807, 2.05) is 62.4 Å². The predicted octanol–water partition coefficient (Wildman–Crippen LogP) is 6.70. The number of rotatable bonds is 8. The number of benzene rings is 3. The molecule has 0 aliphatic heterocycles. The summed E-state index contributed by atoms with van der Waals surface area (Å²) in [5, 5.41) is 5.30. The molecule has 182 valence electrons. The molecule has 0 saturated carbocycles. The molecule has 5 heteroatoms. The minimum atomic E-state index is -2.76. The Bertz CT molecular complexity index is 1150. The summed E-state index contributed by atoms with van der Waals surface area (Å²) >= 11 is 2.24. The second-order valence-electron chi connectivity index (χ2n) is 9.82. The highest BCUT2D eigenvalue weighted by atomic mass is 127. The van der Waals surface area contributed by atoms with Crippen LogP contribution >= 0.6 is 22.6 Å². The fourth-order valence-electron chi connectivity index (χ4n) is 4.17. The highest BCUT2D eigenvalue weighted by Gasteiger charge is 2.50. The standard InChI is InChI=1S/C30H34INO2Si/c1-23(2)20-21-24(29(33)32-28-19-13-12-18-27(28)31)22-34-35(30(3,4)5,25-14-8-6-9-15-25)26-16-10-7-11-17-26/h6-21H,22H2,1-5H3,(H,32,33)/b24-21+. The smallest absolute Gasteiger partial charge is 0.261 e. The van der Waals surface area contributed by atoms with Crippen molar-refractivity contribution in [3.63, 3.8) is 0 Å². The lowest BCUT2D eigenvalue weighted by atomic mass is 10.2. The number of carbonyl (C=O) groups excluding carboxylic acids is 1. The van der Waals surface area contributed by atoms with Gasteiger partial charge in [-0.2, -0.15) is 0 Å². The zero-order valence-corrected chi connectivity index (χ0v) is 24.3. The second kappa shape index (κ2) is 12.0. The largest absolute Gasteiger partial charge is 0.403 e.